The number of carbonyl (C=O) groups excluding carboxylic acids is 2. The van der Waals surface area contributed by atoms with Crippen LogP contribution in [0.3, 0.4) is 0 Å². The van der Waals surface area contributed by atoms with E-state index in [2.05, 4.69) is 10.6 Å². The molecule has 0 saturated heterocycles. The minimum Gasteiger partial charge on any atom is -0.343 e. The third-order valence-corrected chi connectivity index (χ3v) is 4.54. The number of rotatable bonds is 5. The Labute approximate surface area is 175 Å². The van der Waals surface area contributed by atoms with Gasteiger partial charge < -0.3 is 16.0 Å². The third kappa shape index (κ3) is 6.83. The monoisotopic (exact) mass is 447 g/mol. The van der Waals surface area contributed by atoms with Gasteiger partial charge in [-0.15, -0.1) is 0 Å². The molecule has 0 bridgehead atoms. The molecule has 29 heavy (non-hydrogen) atoms. The third-order valence-electron chi connectivity index (χ3n) is 3.97. The van der Waals surface area contributed by atoms with E-state index in [-0.39, 0.29) is 11.3 Å². The average molecular weight is 448 g/mol. The van der Waals surface area contributed by atoms with E-state index in [1.807, 2.05) is 0 Å². The summed E-state index contributed by atoms with van der Waals surface area (Å²) in [6, 6.07) is 8.08. The molecule has 0 aliphatic heterocycles. The number of benzene rings is 2. The quantitative estimate of drug-likeness (QED) is 0.567. The van der Waals surface area contributed by atoms with Crippen molar-refractivity contribution in [3.8, 4) is 0 Å². The molecular weight excluding hydrogens is 430 g/mol. The van der Waals surface area contributed by atoms with Crippen molar-refractivity contribution < 1.29 is 22.8 Å². The molecular formula is C19H18Cl2F3N3O2. The smallest absolute Gasteiger partial charge is 0.343 e. The van der Waals surface area contributed by atoms with Crippen LogP contribution in [-0.2, 0) is 0 Å². The second kappa shape index (κ2) is 9.37. The maximum Gasteiger partial charge on any atom is 0.405 e. The SMILES string of the molecule is Cc1ccc(C(=O)NCC(F)(F)F)cc1NC(=O)NC(C)c1ccc(Cl)cc1Cl. The van der Waals surface area contributed by atoms with Crippen LogP contribution in [0, 0.1) is 6.92 Å². The highest BCUT2D eigenvalue weighted by atomic mass is 35.5. The Morgan fingerprint density at radius 2 is 1.79 bits per heavy atom. The minimum atomic E-state index is -4.51. The Hall–Kier alpha value is -2.45. The fourth-order valence-electron chi connectivity index (χ4n) is 2.47. The van der Waals surface area contributed by atoms with Crippen LogP contribution in [0.5, 0.6) is 0 Å². The van der Waals surface area contributed by atoms with Crippen LogP contribution in [0.25, 0.3) is 0 Å². The summed E-state index contributed by atoms with van der Waals surface area (Å²) in [7, 11) is 0. The second-order valence-electron chi connectivity index (χ2n) is 6.31. The first-order valence-corrected chi connectivity index (χ1v) is 9.20. The molecule has 0 radical (unpaired) electrons. The van der Waals surface area contributed by atoms with Crippen molar-refractivity contribution in [3.63, 3.8) is 0 Å². The molecule has 0 aliphatic carbocycles. The lowest BCUT2D eigenvalue weighted by Crippen LogP contribution is -2.34. The summed E-state index contributed by atoms with van der Waals surface area (Å²) in [6.07, 6.45) is -4.51. The van der Waals surface area contributed by atoms with Crippen molar-refractivity contribution in [2.24, 2.45) is 0 Å². The molecule has 0 fully saturated rings. The van der Waals surface area contributed by atoms with Crippen molar-refractivity contribution in [1.29, 1.82) is 0 Å². The Morgan fingerprint density at radius 3 is 2.41 bits per heavy atom. The molecule has 3 N–H and O–H groups in total. The highest BCUT2D eigenvalue weighted by Crippen LogP contribution is 2.26. The lowest BCUT2D eigenvalue weighted by Gasteiger charge is -2.17. The zero-order chi connectivity index (χ0) is 21.8. The minimum absolute atomic E-state index is 0.0102. The van der Waals surface area contributed by atoms with Gasteiger partial charge in [0.25, 0.3) is 5.91 Å². The number of halogens is 5. The standard InChI is InChI=1S/C19H18Cl2F3N3O2/c1-10-3-4-12(17(28)25-9-19(22,23)24)7-16(10)27-18(29)26-11(2)14-6-5-13(20)8-15(14)21/h3-8,11H,9H2,1-2H3,(H,25,28)(H2,26,27,29). The first kappa shape index (κ1) is 22.8. The summed E-state index contributed by atoms with van der Waals surface area (Å²) in [4.78, 5) is 24.2. The van der Waals surface area contributed by atoms with E-state index in [1.54, 1.807) is 37.4 Å². The second-order valence-corrected chi connectivity index (χ2v) is 7.16. The molecule has 3 amide bonds. The van der Waals surface area contributed by atoms with E-state index >= 15 is 0 Å². The number of urea groups is 1. The van der Waals surface area contributed by atoms with Crippen LogP contribution in [-0.4, -0.2) is 24.7 Å². The van der Waals surface area contributed by atoms with Gasteiger partial charge in [-0.3, -0.25) is 4.79 Å². The molecule has 156 valence electrons. The van der Waals surface area contributed by atoms with Crippen LogP contribution in [0.15, 0.2) is 36.4 Å². The van der Waals surface area contributed by atoms with Gasteiger partial charge in [0.2, 0.25) is 0 Å². The number of nitrogens with one attached hydrogen (secondary N) is 3. The van der Waals surface area contributed by atoms with E-state index in [0.717, 1.165) is 0 Å². The van der Waals surface area contributed by atoms with Gasteiger partial charge in [0.1, 0.15) is 6.54 Å². The van der Waals surface area contributed by atoms with Gasteiger partial charge in [-0.2, -0.15) is 13.2 Å². The fourth-order valence-corrected chi connectivity index (χ4v) is 3.04. The predicted octanol–water partition coefficient (Wildman–Crippen LogP) is 5.48. The van der Waals surface area contributed by atoms with E-state index in [1.165, 1.54) is 18.2 Å². The van der Waals surface area contributed by atoms with E-state index in [0.29, 0.717) is 21.2 Å². The number of aryl methyl sites for hydroxylation is 1. The van der Waals surface area contributed by atoms with E-state index < -0.39 is 30.7 Å². The number of carbonyl (C=O) groups is 2. The van der Waals surface area contributed by atoms with E-state index in [9.17, 15) is 22.8 Å². The molecule has 1 atom stereocenters. The lowest BCUT2D eigenvalue weighted by atomic mass is 10.1. The Balaban J connectivity index is 2.06. The Bertz CT molecular complexity index is 920. The summed E-state index contributed by atoms with van der Waals surface area (Å²) >= 11 is 12.0. The van der Waals surface area contributed by atoms with Crippen molar-refractivity contribution in [3.05, 3.63) is 63.1 Å². The topological polar surface area (TPSA) is 70.2 Å². The number of hydrogen-bond acceptors (Lipinski definition) is 2. The number of anilines is 1. The molecule has 1 unspecified atom stereocenters. The normalized spacial score (nSPS) is 12.2. The van der Waals surface area contributed by atoms with Crippen LogP contribution in [0.4, 0.5) is 23.7 Å². The largest absolute Gasteiger partial charge is 0.405 e. The molecule has 0 saturated carbocycles. The predicted molar refractivity (Wildman–Crippen MR) is 107 cm³/mol. The van der Waals surface area contributed by atoms with E-state index in [4.69, 9.17) is 23.2 Å². The lowest BCUT2D eigenvalue weighted by molar-refractivity contribution is -0.123. The van der Waals surface area contributed by atoms with Crippen LogP contribution in [0.2, 0.25) is 10.0 Å². The zero-order valence-electron chi connectivity index (χ0n) is 15.5. The average Bonchev–Trinajstić information content (AvgIpc) is 2.60. The highest BCUT2D eigenvalue weighted by Gasteiger charge is 2.28. The Kier molecular flexibility index (Phi) is 7.37. The Morgan fingerprint density at radius 1 is 1.10 bits per heavy atom. The molecule has 0 heterocycles. The number of amides is 3. The zero-order valence-corrected chi connectivity index (χ0v) is 17.0. The first-order valence-electron chi connectivity index (χ1n) is 8.44. The molecule has 0 aromatic heterocycles. The van der Waals surface area contributed by atoms with Crippen LogP contribution < -0.4 is 16.0 Å². The first-order chi connectivity index (χ1) is 13.5. The fraction of sp³-hybridized carbons (Fsp3) is 0.263. The molecule has 2 aromatic carbocycles. The van der Waals surface area contributed by atoms with Gasteiger partial charge in [0.05, 0.1) is 6.04 Å². The molecule has 0 spiro atoms. The molecule has 2 rings (SSSR count). The van der Waals surface area contributed by atoms with Crippen molar-refractivity contribution in [2.45, 2.75) is 26.1 Å². The van der Waals surface area contributed by atoms with Gasteiger partial charge in [-0.05, 0) is 49.2 Å². The van der Waals surface area contributed by atoms with Crippen LogP contribution in [0.1, 0.15) is 34.5 Å². The van der Waals surface area contributed by atoms with Gasteiger partial charge in [-0.25, -0.2) is 4.79 Å². The summed E-state index contributed by atoms with van der Waals surface area (Å²) < 4.78 is 36.8. The van der Waals surface area contributed by atoms with Gasteiger partial charge in [-0.1, -0.05) is 35.3 Å². The van der Waals surface area contributed by atoms with Gasteiger partial charge in [0.15, 0.2) is 0 Å². The molecule has 5 nitrogen and oxygen atoms in total. The van der Waals surface area contributed by atoms with Crippen LogP contribution >= 0.6 is 23.2 Å². The molecule has 10 heteroatoms. The number of alkyl halides is 3. The number of hydrogen-bond donors (Lipinski definition) is 3. The maximum absolute atomic E-state index is 12.3. The van der Waals surface area contributed by atoms with Crippen molar-refractivity contribution in [2.75, 3.05) is 11.9 Å². The maximum atomic E-state index is 12.3. The summed E-state index contributed by atoms with van der Waals surface area (Å²) in [5.74, 6) is -0.896. The van der Waals surface area contributed by atoms with Gasteiger partial charge in [0, 0.05) is 21.3 Å². The summed E-state index contributed by atoms with van der Waals surface area (Å²) in [6.45, 7) is 1.97. The summed E-state index contributed by atoms with van der Waals surface area (Å²) in [5, 5.41) is 7.93. The van der Waals surface area contributed by atoms with Gasteiger partial charge >= 0.3 is 12.2 Å². The van der Waals surface area contributed by atoms with Crippen molar-refractivity contribution in [1.82, 2.24) is 10.6 Å². The summed E-state index contributed by atoms with van der Waals surface area (Å²) in [5.41, 5.74) is 1.56. The van der Waals surface area contributed by atoms with Crippen molar-refractivity contribution >= 4 is 40.8 Å². The molecule has 2 aromatic rings. The highest BCUT2D eigenvalue weighted by molar-refractivity contribution is 6.35. The molecule has 0 aliphatic rings.